The number of carboxylic acids is 1. The molecule has 0 aliphatic heterocycles. The first-order valence-electron chi connectivity index (χ1n) is 10.4. The minimum atomic E-state index is -1.53. The third kappa shape index (κ3) is 10.9. The number of nitrogens with two attached hydrogens (primary N) is 1. The van der Waals surface area contributed by atoms with Crippen molar-refractivity contribution in [1.82, 2.24) is 10.2 Å². The summed E-state index contributed by atoms with van der Waals surface area (Å²) < 4.78 is 4.96. The number of thioether (sulfide) groups is 1. The number of likely N-dealkylation sites (N-methyl/N-ethyl adjacent to an activating group) is 1. The van der Waals surface area contributed by atoms with E-state index in [1.807, 2.05) is 0 Å². The molecule has 35 heavy (non-hydrogen) atoms. The fraction of sp³-hybridized carbons (Fsp3) is 0.429. The highest BCUT2D eigenvalue weighted by Crippen LogP contribution is 2.12. The molecule has 2 unspecified atom stereocenters. The quantitative estimate of drug-likeness (QED) is 0.154. The summed E-state index contributed by atoms with van der Waals surface area (Å²) in [4.78, 5) is 64.6. The van der Waals surface area contributed by atoms with E-state index in [0.29, 0.717) is 10.6 Å². The van der Waals surface area contributed by atoms with Gasteiger partial charge in [0, 0.05) is 25.0 Å². The van der Waals surface area contributed by atoms with E-state index in [9.17, 15) is 24.0 Å². The number of hydrogen-bond acceptors (Lipinski definition) is 10. The summed E-state index contributed by atoms with van der Waals surface area (Å²) in [6.07, 6.45) is -2.00. The Morgan fingerprint density at radius 2 is 1.83 bits per heavy atom. The minimum absolute atomic E-state index is 0.0774. The smallest absolute Gasteiger partial charge is 0.413 e. The van der Waals surface area contributed by atoms with Gasteiger partial charge in [0.05, 0.1) is 6.61 Å². The second-order valence-electron chi connectivity index (χ2n) is 6.96. The van der Waals surface area contributed by atoms with Gasteiger partial charge in [-0.15, -0.1) is 0 Å². The molecule has 1 aromatic rings. The number of carbonyl (C=O) groups excluding carboxylic acids is 3. The first kappa shape index (κ1) is 29.4. The highest BCUT2D eigenvalue weighted by molar-refractivity contribution is 8.00. The number of carbonyl (C=O) groups is 5. The van der Waals surface area contributed by atoms with Crippen molar-refractivity contribution in [3.63, 3.8) is 0 Å². The van der Waals surface area contributed by atoms with Crippen molar-refractivity contribution in [3.8, 4) is 5.75 Å². The van der Waals surface area contributed by atoms with Gasteiger partial charge in [-0.2, -0.15) is 11.8 Å². The molecule has 0 aromatic heterocycles. The van der Waals surface area contributed by atoms with Crippen LogP contribution in [0.5, 0.6) is 5.75 Å². The molecule has 0 spiro atoms. The number of aliphatic carboxylic acids is 1. The minimum Gasteiger partial charge on any atom is -0.480 e. The fourth-order valence-corrected chi connectivity index (χ4v) is 3.32. The molecule has 0 aliphatic rings. The average molecular weight is 513 g/mol. The molecular formula is C21H28N4O9S. The molecule has 5 N–H and O–H groups in total. The van der Waals surface area contributed by atoms with Crippen molar-refractivity contribution in [1.29, 1.82) is 0 Å². The molecule has 1 rings (SSSR count). The fourth-order valence-electron chi connectivity index (χ4n) is 2.38. The molecule has 2 atom stereocenters. The Labute approximate surface area is 205 Å². The highest BCUT2D eigenvalue weighted by Gasteiger charge is 2.28. The van der Waals surface area contributed by atoms with Crippen molar-refractivity contribution in [2.75, 3.05) is 25.2 Å². The molecule has 13 nitrogen and oxygen atoms in total. The van der Waals surface area contributed by atoms with Crippen LogP contribution in [-0.2, 0) is 23.9 Å². The second kappa shape index (κ2) is 15.3. The van der Waals surface area contributed by atoms with Crippen molar-refractivity contribution < 1.29 is 43.8 Å². The number of rotatable bonds is 14. The maximum atomic E-state index is 12.5. The van der Waals surface area contributed by atoms with Crippen LogP contribution < -0.4 is 15.9 Å². The summed E-state index contributed by atoms with van der Waals surface area (Å²) in [5.41, 5.74) is 5.28. The van der Waals surface area contributed by atoms with Gasteiger partial charge in [0.15, 0.2) is 11.5 Å². The Morgan fingerprint density at radius 3 is 2.40 bits per heavy atom. The van der Waals surface area contributed by atoms with Gasteiger partial charge >= 0.3 is 18.0 Å². The predicted octanol–water partition coefficient (Wildman–Crippen LogP) is 0.531. The molecule has 0 bridgehead atoms. The molecule has 0 saturated carbocycles. The average Bonchev–Trinajstić information content (AvgIpc) is 2.83. The van der Waals surface area contributed by atoms with Gasteiger partial charge < -0.3 is 30.8 Å². The van der Waals surface area contributed by atoms with E-state index in [4.69, 9.17) is 25.5 Å². The zero-order chi connectivity index (χ0) is 26.4. The summed E-state index contributed by atoms with van der Waals surface area (Å²) in [6.45, 7) is 1.70. The first-order valence-corrected chi connectivity index (χ1v) is 11.5. The maximum absolute atomic E-state index is 12.5. The lowest BCUT2D eigenvalue weighted by Gasteiger charge is -2.21. The number of nitrogens with one attached hydrogen (secondary N) is 1. The number of ether oxygens (including phenoxy) is 1. The summed E-state index contributed by atoms with van der Waals surface area (Å²) in [7, 11) is 1.02. The highest BCUT2D eigenvalue weighted by atomic mass is 32.2. The van der Waals surface area contributed by atoms with Crippen LogP contribution in [0.2, 0.25) is 0 Å². The second-order valence-corrected chi connectivity index (χ2v) is 7.99. The summed E-state index contributed by atoms with van der Waals surface area (Å²) in [6, 6.07) is 5.90. The Morgan fingerprint density at radius 1 is 1.17 bits per heavy atom. The summed E-state index contributed by atoms with van der Waals surface area (Å²) >= 11 is 1.00. The number of imide groups is 1. The van der Waals surface area contributed by atoms with E-state index < -0.39 is 41.9 Å². The molecule has 3 amide bonds. The third-order valence-electron chi connectivity index (χ3n) is 4.29. The van der Waals surface area contributed by atoms with Gasteiger partial charge in [0.2, 0.25) is 5.91 Å². The number of nitrogens with zero attached hydrogens (tertiary/aromatic N) is 2. The van der Waals surface area contributed by atoms with E-state index in [1.165, 1.54) is 0 Å². The largest absolute Gasteiger partial charge is 0.480 e. The van der Waals surface area contributed by atoms with E-state index in [0.717, 1.165) is 18.8 Å². The van der Waals surface area contributed by atoms with Crippen LogP contribution in [0.15, 0.2) is 35.5 Å². The van der Waals surface area contributed by atoms with Gasteiger partial charge in [-0.3, -0.25) is 14.4 Å². The van der Waals surface area contributed by atoms with Crippen LogP contribution >= 0.6 is 11.8 Å². The van der Waals surface area contributed by atoms with Gasteiger partial charge in [0.25, 0.3) is 5.91 Å². The third-order valence-corrected chi connectivity index (χ3v) is 5.34. The Balaban J connectivity index is 2.88. The lowest BCUT2D eigenvalue weighted by Crippen LogP contribution is -2.50. The Bertz CT molecular complexity index is 927. The monoisotopic (exact) mass is 512 g/mol. The van der Waals surface area contributed by atoms with Crippen LogP contribution in [0.4, 0.5) is 4.79 Å². The molecule has 0 heterocycles. The van der Waals surface area contributed by atoms with Gasteiger partial charge in [-0.05, 0) is 25.5 Å². The number of oxime groups is 1. The van der Waals surface area contributed by atoms with Crippen molar-refractivity contribution in [2.24, 2.45) is 10.9 Å². The molecule has 0 radical (unpaired) electrons. The zero-order valence-corrected chi connectivity index (χ0v) is 20.0. The molecule has 1 aromatic carbocycles. The van der Waals surface area contributed by atoms with E-state index in [2.05, 4.69) is 10.5 Å². The number of hydrogen-bond donors (Lipinski definition) is 4. The van der Waals surface area contributed by atoms with Crippen molar-refractivity contribution in [2.45, 2.75) is 31.8 Å². The van der Waals surface area contributed by atoms with E-state index in [1.54, 1.807) is 37.3 Å². The molecule has 0 aliphatic carbocycles. The van der Waals surface area contributed by atoms with Crippen molar-refractivity contribution in [3.05, 3.63) is 30.3 Å². The van der Waals surface area contributed by atoms with Gasteiger partial charge in [-0.25, -0.2) is 14.5 Å². The first-order chi connectivity index (χ1) is 16.6. The molecule has 192 valence electrons. The predicted molar refractivity (Wildman–Crippen MR) is 126 cm³/mol. The Kier molecular flexibility index (Phi) is 12.8. The maximum Gasteiger partial charge on any atom is 0.413 e. The van der Waals surface area contributed by atoms with E-state index >= 15 is 0 Å². The van der Waals surface area contributed by atoms with Gasteiger partial charge in [-0.1, -0.05) is 23.4 Å². The number of carboxylic acid groups (broad SMARTS) is 2. The van der Waals surface area contributed by atoms with Crippen LogP contribution in [0.25, 0.3) is 0 Å². The summed E-state index contributed by atoms with van der Waals surface area (Å²) in [5.74, 6) is -3.46. The normalized spacial score (nSPS) is 12.7. The zero-order valence-electron chi connectivity index (χ0n) is 19.2. The molecule has 0 saturated heterocycles. The standard InChI is InChI=1S/C21H28N4O9S/c1-3-33-20(30)16(24-34-13-7-5-4-6-8-13)12-35-11-15(18(27)25(2)21(31)32)23-17(26)10-9-14(22)19(28)29/h4-8,14-15H,3,9-12,22H2,1-2H3,(H,23,26)(H,28,29)(H,31,32)/b24-16+. The molecular weight excluding hydrogens is 484 g/mol. The van der Waals surface area contributed by atoms with Crippen LogP contribution in [0, 0.1) is 0 Å². The van der Waals surface area contributed by atoms with Crippen LogP contribution in [0.1, 0.15) is 19.8 Å². The number of esters is 1. The lowest BCUT2D eigenvalue weighted by molar-refractivity contribution is -0.139. The lowest BCUT2D eigenvalue weighted by atomic mass is 10.1. The number of benzene rings is 1. The number of para-hydroxylation sites is 1. The number of amides is 3. The summed E-state index contributed by atoms with van der Waals surface area (Å²) in [5, 5.41) is 24.1. The van der Waals surface area contributed by atoms with E-state index in [-0.39, 0.29) is 36.7 Å². The van der Waals surface area contributed by atoms with Gasteiger partial charge in [0.1, 0.15) is 12.1 Å². The Hall–Kier alpha value is -3.65. The van der Waals surface area contributed by atoms with Crippen LogP contribution in [0.3, 0.4) is 0 Å². The molecule has 0 fully saturated rings. The topological polar surface area (TPSA) is 198 Å². The SMILES string of the molecule is CCOC(=O)/C(CSCC(NC(=O)CCC(N)C(=O)O)C(=O)N(C)C(=O)O)=N/Oc1ccccc1. The molecule has 14 heteroatoms. The van der Waals surface area contributed by atoms with Crippen molar-refractivity contribution >= 4 is 47.3 Å². The van der Waals surface area contributed by atoms with Crippen LogP contribution in [-0.4, -0.2) is 87.9 Å².